The molecule has 0 fully saturated rings. The van der Waals surface area contributed by atoms with Crippen molar-refractivity contribution in [2.45, 2.75) is 39.7 Å². The van der Waals surface area contributed by atoms with Crippen molar-refractivity contribution in [3.05, 3.63) is 47.5 Å². The largest absolute Gasteiger partial charge is 0.246 e. The van der Waals surface area contributed by atoms with Gasteiger partial charge in [0.2, 0.25) is 0 Å². The second kappa shape index (κ2) is 5.62. The predicted octanol–water partition coefficient (Wildman–Crippen LogP) is 2.98. The molecule has 1 aromatic heterocycles. The Hall–Kier alpha value is -1.64. The van der Waals surface area contributed by atoms with Crippen LogP contribution in [0, 0.1) is 6.92 Å². The van der Waals surface area contributed by atoms with Crippen LogP contribution in [-0.2, 0) is 13.0 Å². The monoisotopic (exact) mass is 229 g/mol. The number of unbranched alkanes of at least 4 members (excludes halogenated alkanes) is 1. The van der Waals surface area contributed by atoms with Crippen molar-refractivity contribution in [1.29, 1.82) is 0 Å². The van der Waals surface area contributed by atoms with E-state index in [1.54, 1.807) is 6.33 Å². The molecule has 0 aliphatic carbocycles. The molecule has 3 heteroatoms. The maximum absolute atomic E-state index is 4.32. The van der Waals surface area contributed by atoms with E-state index >= 15 is 0 Å². The van der Waals surface area contributed by atoms with Crippen molar-refractivity contribution in [3.8, 4) is 0 Å². The summed E-state index contributed by atoms with van der Waals surface area (Å²) in [5.74, 6) is 1.09. The van der Waals surface area contributed by atoms with Gasteiger partial charge in [0.1, 0.15) is 12.2 Å². The van der Waals surface area contributed by atoms with Gasteiger partial charge in [0.25, 0.3) is 0 Å². The van der Waals surface area contributed by atoms with E-state index < -0.39 is 0 Å². The standard InChI is InChI=1S/C14H19N3/c1-3-4-5-14-15-11-16-17(14)10-13-8-6-12(2)7-9-13/h6-9,11H,3-5,10H2,1-2H3. The first-order chi connectivity index (χ1) is 8.29. The Labute approximate surface area is 103 Å². The Bertz CT molecular complexity index is 457. The topological polar surface area (TPSA) is 30.7 Å². The summed E-state index contributed by atoms with van der Waals surface area (Å²) in [6.07, 6.45) is 5.03. The molecule has 0 saturated carbocycles. The zero-order valence-electron chi connectivity index (χ0n) is 10.6. The van der Waals surface area contributed by atoms with Gasteiger partial charge in [-0.2, -0.15) is 5.10 Å². The number of hydrogen-bond donors (Lipinski definition) is 0. The smallest absolute Gasteiger partial charge is 0.138 e. The van der Waals surface area contributed by atoms with Crippen LogP contribution in [0.3, 0.4) is 0 Å². The molecule has 0 radical (unpaired) electrons. The van der Waals surface area contributed by atoms with Crippen molar-refractivity contribution in [2.24, 2.45) is 0 Å². The maximum Gasteiger partial charge on any atom is 0.138 e. The van der Waals surface area contributed by atoms with Crippen LogP contribution in [0.4, 0.5) is 0 Å². The van der Waals surface area contributed by atoms with E-state index in [0.29, 0.717) is 0 Å². The van der Waals surface area contributed by atoms with Crippen molar-refractivity contribution < 1.29 is 0 Å². The van der Waals surface area contributed by atoms with E-state index in [-0.39, 0.29) is 0 Å². The van der Waals surface area contributed by atoms with Crippen LogP contribution in [0.1, 0.15) is 36.7 Å². The Morgan fingerprint density at radius 3 is 2.65 bits per heavy atom. The third-order valence-electron chi connectivity index (χ3n) is 2.90. The highest BCUT2D eigenvalue weighted by Crippen LogP contribution is 2.07. The van der Waals surface area contributed by atoms with Crippen LogP contribution in [0.5, 0.6) is 0 Å². The van der Waals surface area contributed by atoms with E-state index in [0.717, 1.165) is 18.8 Å². The molecule has 1 heterocycles. The molecule has 0 atom stereocenters. The lowest BCUT2D eigenvalue weighted by molar-refractivity contribution is 0.618. The summed E-state index contributed by atoms with van der Waals surface area (Å²) in [4.78, 5) is 4.32. The third kappa shape index (κ3) is 3.16. The summed E-state index contributed by atoms with van der Waals surface area (Å²) in [7, 11) is 0. The van der Waals surface area contributed by atoms with Gasteiger partial charge in [0.05, 0.1) is 6.54 Å². The quantitative estimate of drug-likeness (QED) is 0.789. The minimum atomic E-state index is 0.819. The summed E-state index contributed by atoms with van der Waals surface area (Å²) >= 11 is 0. The number of rotatable bonds is 5. The zero-order valence-corrected chi connectivity index (χ0v) is 10.6. The van der Waals surface area contributed by atoms with Crippen molar-refractivity contribution in [3.63, 3.8) is 0 Å². The first kappa shape index (κ1) is 11.8. The van der Waals surface area contributed by atoms with Gasteiger partial charge in [-0.05, 0) is 18.9 Å². The van der Waals surface area contributed by atoms with E-state index in [1.165, 1.54) is 24.0 Å². The Kier molecular flexibility index (Phi) is 3.91. The minimum Gasteiger partial charge on any atom is -0.246 e. The molecular weight excluding hydrogens is 210 g/mol. The van der Waals surface area contributed by atoms with Crippen LogP contribution in [0.2, 0.25) is 0 Å². The maximum atomic E-state index is 4.32. The average Bonchev–Trinajstić information content (AvgIpc) is 2.77. The van der Waals surface area contributed by atoms with E-state index in [4.69, 9.17) is 0 Å². The first-order valence-corrected chi connectivity index (χ1v) is 6.22. The summed E-state index contributed by atoms with van der Waals surface area (Å²) in [6.45, 7) is 5.12. The lowest BCUT2D eigenvalue weighted by Gasteiger charge is -2.06. The Morgan fingerprint density at radius 2 is 1.94 bits per heavy atom. The van der Waals surface area contributed by atoms with Crippen LogP contribution < -0.4 is 0 Å². The summed E-state index contributed by atoms with van der Waals surface area (Å²) in [5.41, 5.74) is 2.57. The summed E-state index contributed by atoms with van der Waals surface area (Å²) in [5, 5.41) is 4.29. The molecule has 2 rings (SSSR count). The number of aryl methyl sites for hydroxylation is 2. The molecule has 17 heavy (non-hydrogen) atoms. The summed E-state index contributed by atoms with van der Waals surface area (Å²) < 4.78 is 2.00. The van der Waals surface area contributed by atoms with Crippen molar-refractivity contribution in [1.82, 2.24) is 14.8 Å². The van der Waals surface area contributed by atoms with Gasteiger partial charge < -0.3 is 0 Å². The van der Waals surface area contributed by atoms with Crippen LogP contribution in [0.15, 0.2) is 30.6 Å². The molecule has 0 spiro atoms. The number of hydrogen-bond acceptors (Lipinski definition) is 2. The predicted molar refractivity (Wildman–Crippen MR) is 68.9 cm³/mol. The van der Waals surface area contributed by atoms with Crippen LogP contribution in [-0.4, -0.2) is 14.8 Å². The SMILES string of the molecule is CCCCc1ncnn1Cc1ccc(C)cc1. The van der Waals surface area contributed by atoms with E-state index in [2.05, 4.69) is 48.2 Å². The third-order valence-corrected chi connectivity index (χ3v) is 2.90. The van der Waals surface area contributed by atoms with Gasteiger partial charge in [-0.1, -0.05) is 43.2 Å². The number of nitrogens with zero attached hydrogens (tertiary/aromatic N) is 3. The second-order valence-electron chi connectivity index (χ2n) is 4.42. The summed E-state index contributed by atoms with van der Waals surface area (Å²) in [6, 6.07) is 8.58. The fraction of sp³-hybridized carbons (Fsp3) is 0.429. The molecule has 0 unspecified atom stereocenters. The average molecular weight is 229 g/mol. The van der Waals surface area contributed by atoms with E-state index in [9.17, 15) is 0 Å². The molecule has 0 amide bonds. The molecule has 0 aliphatic heterocycles. The highest BCUT2D eigenvalue weighted by atomic mass is 15.3. The molecule has 0 N–H and O–H groups in total. The Balaban J connectivity index is 2.07. The Morgan fingerprint density at radius 1 is 1.18 bits per heavy atom. The highest BCUT2D eigenvalue weighted by molar-refractivity contribution is 5.21. The van der Waals surface area contributed by atoms with Crippen LogP contribution >= 0.6 is 0 Å². The molecule has 0 saturated heterocycles. The molecule has 0 bridgehead atoms. The molecular formula is C14H19N3. The second-order valence-corrected chi connectivity index (χ2v) is 4.42. The molecule has 90 valence electrons. The molecule has 1 aromatic carbocycles. The lowest BCUT2D eigenvalue weighted by atomic mass is 10.1. The van der Waals surface area contributed by atoms with Crippen LogP contribution in [0.25, 0.3) is 0 Å². The first-order valence-electron chi connectivity index (χ1n) is 6.22. The molecule has 2 aromatic rings. The van der Waals surface area contributed by atoms with Crippen molar-refractivity contribution >= 4 is 0 Å². The molecule has 3 nitrogen and oxygen atoms in total. The minimum absolute atomic E-state index is 0.819. The van der Waals surface area contributed by atoms with Gasteiger partial charge in [-0.25, -0.2) is 9.67 Å². The van der Waals surface area contributed by atoms with Gasteiger partial charge >= 0.3 is 0 Å². The van der Waals surface area contributed by atoms with Crippen molar-refractivity contribution in [2.75, 3.05) is 0 Å². The number of aromatic nitrogens is 3. The fourth-order valence-electron chi connectivity index (χ4n) is 1.82. The fourth-order valence-corrected chi connectivity index (χ4v) is 1.82. The zero-order chi connectivity index (χ0) is 12.1. The number of benzene rings is 1. The highest BCUT2D eigenvalue weighted by Gasteiger charge is 2.04. The van der Waals surface area contributed by atoms with Gasteiger partial charge in [-0.3, -0.25) is 0 Å². The van der Waals surface area contributed by atoms with Gasteiger partial charge in [-0.15, -0.1) is 0 Å². The van der Waals surface area contributed by atoms with Gasteiger partial charge in [0, 0.05) is 6.42 Å². The van der Waals surface area contributed by atoms with Gasteiger partial charge in [0.15, 0.2) is 0 Å². The van der Waals surface area contributed by atoms with E-state index in [1.807, 2.05) is 4.68 Å². The lowest BCUT2D eigenvalue weighted by Crippen LogP contribution is -2.07. The normalized spacial score (nSPS) is 10.7. The molecule has 0 aliphatic rings.